The molecule has 0 radical (unpaired) electrons. The number of rotatable bonds is 7. The Morgan fingerprint density at radius 1 is 1.05 bits per heavy atom. The van der Waals surface area contributed by atoms with E-state index in [2.05, 4.69) is 0 Å². The maximum absolute atomic E-state index is 12.0. The number of aliphatic hydroxyl groups is 1. The Morgan fingerprint density at radius 2 is 1.82 bits per heavy atom. The molecular weight excluding hydrogens is 288 g/mol. The Bertz CT molecular complexity index is 679. The molecule has 2 aromatic carbocycles. The van der Waals surface area contributed by atoms with Crippen LogP contribution in [0.25, 0.3) is 10.8 Å². The lowest BCUT2D eigenvalue weighted by molar-refractivity contribution is -0.254. The molecular formula is C16H15O6-. The standard InChI is InChI=1S/C16H16O6/c17-7-8-21-9-10-22-16(20)13-6-5-11-3-1-2-4-12(11)14(13)15(18)19/h1-6,17H,7-10H2,(H,18,19)/p-1. The van der Waals surface area contributed by atoms with E-state index in [4.69, 9.17) is 14.6 Å². The molecule has 0 spiro atoms. The van der Waals surface area contributed by atoms with E-state index in [9.17, 15) is 14.7 Å². The van der Waals surface area contributed by atoms with Gasteiger partial charge in [0.2, 0.25) is 0 Å². The van der Waals surface area contributed by atoms with E-state index in [1.807, 2.05) is 0 Å². The largest absolute Gasteiger partial charge is 0.545 e. The number of carbonyl (C=O) groups excluding carboxylic acids is 2. The summed E-state index contributed by atoms with van der Waals surface area (Å²) in [5.74, 6) is -2.18. The van der Waals surface area contributed by atoms with Gasteiger partial charge in [-0.15, -0.1) is 0 Å². The van der Waals surface area contributed by atoms with E-state index >= 15 is 0 Å². The quantitative estimate of drug-likeness (QED) is 0.586. The van der Waals surface area contributed by atoms with Crippen LogP contribution in [0.1, 0.15) is 20.7 Å². The molecule has 0 saturated carbocycles. The fourth-order valence-corrected chi connectivity index (χ4v) is 2.10. The summed E-state index contributed by atoms with van der Waals surface area (Å²) in [5.41, 5.74) is -0.236. The molecule has 0 fully saturated rings. The normalized spacial score (nSPS) is 10.6. The lowest BCUT2D eigenvalue weighted by atomic mass is 9.99. The van der Waals surface area contributed by atoms with Gasteiger partial charge in [0.05, 0.1) is 31.4 Å². The molecule has 2 rings (SSSR count). The Kier molecular flexibility index (Phi) is 5.46. The Balaban J connectivity index is 2.21. The number of carbonyl (C=O) groups is 2. The van der Waals surface area contributed by atoms with Crippen LogP contribution in [0.4, 0.5) is 0 Å². The molecule has 1 N–H and O–H groups in total. The van der Waals surface area contributed by atoms with E-state index in [1.54, 1.807) is 30.3 Å². The third-order valence-corrected chi connectivity index (χ3v) is 3.05. The van der Waals surface area contributed by atoms with Gasteiger partial charge in [0.15, 0.2) is 0 Å². The number of fused-ring (bicyclic) bond motifs is 1. The summed E-state index contributed by atoms with van der Waals surface area (Å²) in [4.78, 5) is 23.4. The predicted molar refractivity (Wildman–Crippen MR) is 76.5 cm³/mol. The number of hydrogen-bond acceptors (Lipinski definition) is 6. The second-order valence-corrected chi connectivity index (χ2v) is 4.47. The van der Waals surface area contributed by atoms with Crippen molar-refractivity contribution < 1.29 is 29.3 Å². The average Bonchev–Trinajstić information content (AvgIpc) is 2.53. The van der Waals surface area contributed by atoms with Crippen molar-refractivity contribution in [3.05, 3.63) is 47.5 Å². The van der Waals surface area contributed by atoms with Crippen LogP contribution in [0, 0.1) is 0 Å². The van der Waals surface area contributed by atoms with Gasteiger partial charge in [0, 0.05) is 5.56 Å². The average molecular weight is 303 g/mol. The minimum atomic E-state index is -1.43. The van der Waals surface area contributed by atoms with Crippen LogP contribution in [0.15, 0.2) is 36.4 Å². The van der Waals surface area contributed by atoms with Crippen LogP contribution in [0.5, 0.6) is 0 Å². The molecule has 0 aliphatic rings. The molecule has 0 atom stereocenters. The van der Waals surface area contributed by atoms with Crippen LogP contribution in [-0.2, 0) is 9.47 Å². The number of carboxylic acids is 1. The van der Waals surface area contributed by atoms with Gasteiger partial charge in [-0.25, -0.2) is 4.79 Å². The predicted octanol–water partition coefficient (Wildman–Crippen LogP) is 0.369. The highest BCUT2D eigenvalue weighted by atomic mass is 16.6. The van der Waals surface area contributed by atoms with E-state index < -0.39 is 11.9 Å². The van der Waals surface area contributed by atoms with Gasteiger partial charge in [0.25, 0.3) is 0 Å². The second-order valence-electron chi connectivity index (χ2n) is 4.47. The summed E-state index contributed by atoms with van der Waals surface area (Å²) in [6.45, 7) is 0.129. The third-order valence-electron chi connectivity index (χ3n) is 3.05. The first-order valence-corrected chi connectivity index (χ1v) is 6.74. The number of esters is 1. The number of aliphatic hydroxyl groups excluding tert-OH is 1. The minimum Gasteiger partial charge on any atom is -0.545 e. The van der Waals surface area contributed by atoms with Crippen LogP contribution in [0.2, 0.25) is 0 Å². The number of hydrogen-bond donors (Lipinski definition) is 1. The SMILES string of the molecule is O=C(OCCOCCO)c1ccc2ccccc2c1C(=O)[O-]. The molecule has 0 aromatic heterocycles. The number of ether oxygens (including phenoxy) is 2. The minimum absolute atomic E-state index is 0.0296. The molecule has 2 aromatic rings. The van der Waals surface area contributed by atoms with Crippen molar-refractivity contribution in [3.63, 3.8) is 0 Å². The molecule has 0 aliphatic heterocycles. The Morgan fingerprint density at radius 3 is 2.55 bits per heavy atom. The Hall–Kier alpha value is -2.44. The smallest absolute Gasteiger partial charge is 0.338 e. The third kappa shape index (κ3) is 3.60. The number of aromatic carboxylic acids is 1. The van der Waals surface area contributed by atoms with Gasteiger partial charge in [-0.1, -0.05) is 30.3 Å². The van der Waals surface area contributed by atoms with Crippen molar-refractivity contribution in [1.29, 1.82) is 0 Å². The highest BCUT2D eigenvalue weighted by Gasteiger charge is 2.16. The maximum Gasteiger partial charge on any atom is 0.338 e. The van der Waals surface area contributed by atoms with E-state index in [0.717, 1.165) is 0 Å². The zero-order valence-electron chi connectivity index (χ0n) is 11.8. The van der Waals surface area contributed by atoms with Gasteiger partial charge in [-0.05, 0) is 16.8 Å². The first kappa shape index (κ1) is 15.9. The van der Waals surface area contributed by atoms with E-state index in [1.165, 1.54) is 6.07 Å². The first-order valence-electron chi connectivity index (χ1n) is 6.74. The summed E-state index contributed by atoms with van der Waals surface area (Å²) in [6, 6.07) is 9.89. The van der Waals surface area contributed by atoms with Gasteiger partial charge in [0.1, 0.15) is 6.61 Å². The monoisotopic (exact) mass is 303 g/mol. The molecule has 6 heteroatoms. The lowest BCUT2D eigenvalue weighted by Gasteiger charge is -2.13. The molecule has 22 heavy (non-hydrogen) atoms. The summed E-state index contributed by atoms with van der Waals surface area (Å²) in [5, 5.41) is 21.1. The Labute approximate surface area is 126 Å². The second kappa shape index (κ2) is 7.53. The van der Waals surface area contributed by atoms with Gasteiger partial charge in [-0.3, -0.25) is 0 Å². The molecule has 0 heterocycles. The van der Waals surface area contributed by atoms with Crippen LogP contribution < -0.4 is 5.11 Å². The summed E-state index contributed by atoms with van der Waals surface area (Å²) in [7, 11) is 0. The zero-order valence-corrected chi connectivity index (χ0v) is 11.8. The van der Waals surface area contributed by atoms with Crippen molar-refractivity contribution in [1.82, 2.24) is 0 Å². The first-order chi connectivity index (χ1) is 10.6. The number of carboxylic acid groups (broad SMARTS) is 1. The molecule has 0 saturated heterocycles. The van der Waals surface area contributed by atoms with Gasteiger partial charge >= 0.3 is 5.97 Å². The molecule has 0 unspecified atom stereocenters. The summed E-state index contributed by atoms with van der Waals surface area (Å²) < 4.78 is 9.94. The zero-order chi connectivity index (χ0) is 15.9. The van der Waals surface area contributed by atoms with Crippen LogP contribution in [0.3, 0.4) is 0 Å². The molecule has 6 nitrogen and oxygen atoms in total. The molecule has 0 aliphatic carbocycles. The topological polar surface area (TPSA) is 95.9 Å². The van der Waals surface area contributed by atoms with Crippen molar-refractivity contribution in [2.75, 3.05) is 26.4 Å². The van der Waals surface area contributed by atoms with Crippen LogP contribution >= 0.6 is 0 Å². The van der Waals surface area contributed by atoms with Gasteiger partial charge < -0.3 is 24.5 Å². The number of benzene rings is 2. The fraction of sp³-hybridized carbons (Fsp3) is 0.250. The van der Waals surface area contributed by atoms with Crippen molar-refractivity contribution in [2.24, 2.45) is 0 Å². The van der Waals surface area contributed by atoms with Crippen molar-refractivity contribution in [3.8, 4) is 0 Å². The summed E-state index contributed by atoms with van der Waals surface area (Å²) >= 11 is 0. The fourth-order valence-electron chi connectivity index (χ4n) is 2.10. The van der Waals surface area contributed by atoms with Gasteiger partial charge in [-0.2, -0.15) is 0 Å². The highest BCUT2D eigenvalue weighted by molar-refractivity contribution is 6.11. The van der Waals surface area contributed by atoms with E-state index in [-0.39, 0.29) is 37.6 Å². The van der Waals surface area contributed by atoms with Crippen LogP contribution in [-0.4, -0.2) is 43.5 Å². The molecule has 116 valence electrons. The lowest BCUT2D eigenvalue weighted by Crippen LogP contribution is -2.26. The summed E-state index contributed by atoms with van der Waals surface area (Å²) in [6.07, 6.45) is 0. The maximum atomic E-state index is 12.0. The molecule has 0 amide bonds. The highest BCUT2D eigenvalue weighted by Crippen LogP contribution is 2.22. The molecule has 0 bridgehead atoms. The van der Waals surface area contributed by atoms with Crippen molar-refractivity contribution >= 4 is 22.7 Å². The van der Waals surface area contributed by atoms with Crippen molar-refractivity contribution in [2.45, 2.75) is 0 Å². The van der Waals surface area contributed by atoms with E-state index in [0.29, 0.717) is 10.8 Å².